The van der Waals surface area contributed by atoms with E-state index in [-0.39, 0.29) is 17.7 Å². The maximum Gasteiger partial charge on any atom is 0.339 e. The molecule has 4 aromatic rings. The van der Waals surface area contributed by atoms with Gasteiger partial charge in [-0.05, 0) is 25.1 Å². The Balaban J connectivity index is 1.64. The van der Waals surface area contributed by atoms with Crippen molar-refractivity contribution >= 4 is 27.9 Å². The number of carbonyl (C=O) groups is 1. The zero-order valence-electron chi connectivity index (χ0n) is 14.0. The normalized spacial score (nSPS) is 11.0. The molecule has 0 amide bonds. The number of pyridine rings is 1. The summed E-state index contributed by atoms with van der Waals surface area (Å²) in [5.74, 6) is -0.568. The molecule has 0 spiro atoms. The number of carbonyl (C=O) groups excluding carboxylic acids is 1. The average molecular weight is 345 g/mol. The largest absolute Gasteiger partial charge is 0.455 e. The number of benzene rings is 2. The molecule has 1 N–H and O–H groups in total. The fourth-order valence-corrected chi connectivity index (χ4v) is 2.85. The molecule has 0 saturated carbocycles. The third-order valence-corrected chi connectivity index (χ3v) is 4.15. The molecule has 0 aliphatic heterocycles. The Hall–Kier alpha value is -3.54. The second kappa shape index (κ2) is 6.40. The Morgan fingerprint density at radius 2 is 1.73 bits per heavy atom. The van der Waals surface area contributed by atoms with Gasteiger partial charge >= 0.3 is 5.97 Å². The van der Waals surface area contributed by atoms with Crippen LogP contribution in [0, 0.1) is 6.92 Å². The first-order chi connectivity index (χ1) is 12.6. The zero-order valence-corrected chi connectivity index (χ0v) is 14.0. The fraction of sp³-hybridized carbons (Fsp3) is 0.100. The summed E-state index contributed by atoms with van der Waals surface area (Å²) in [5, 5.41) is 0.637. The van der Waals surface area contributed by atoms with Gasteiger partial charge in [0.25, 0.3) is 0 Å². The number of esters is 1. The monoisotopic (exact) mass is 345 g/mol. The van der Waals surface area contributed by atoms with Crippen LogP contribution in [0.1, 0.15) is 21.7 Å². The molecule has 0 atom stereocenters. The van der Waals surface area contributed by atoms with E-state index < -0.39 is 5.97 Å². The number of rotatable bonds is 3. The van der Waals surface area contributed by atoms with E-state index in [1.165, 1.54) is 6.07 Å². The van der Waals surface area contributed by atoms with Crippen molar-refractivity contribution in [2.24, 2.45) is 0 Å². The number of nitrogens with zero attached hydrogens (tertiary/aromatic N) is 2. The SMILES string of the molecule is Cc1nc2ccccc2nc1COC(=O)c1cc(=O)[nH]c2ccccc12. The standard InChI is InChI=1S/C20H15N3O3/c1-12-18(22-17-9-5-4-8-16(17)21-12)11-26-20(25)14-10-19(24)23-15-7-3-2-6-13(14)15/h2-10H,11H2,1H3,(H,23,24). The van der Waals surface area contributed by atoms with Crippen molar-refractivity contribution in [2.45, 2.75) is 13.5 Å². The molecule has 26 heavy (non-hydrogen) atoms. The average Bonchev–Trinajstić information content (AvgIpc) is 2.65. The molecule has 0 aliphatic rings. The number of hydrogen-bond donors (Lipinski definition) is 1. The van der Waals surface area contributed by atoms with Crippen molar-refractivity contribution in [1.29, 1.82) is 0 Å². The highest BCUT2D eigenvalue weighted by Gasteiger charge is 2.14. The van der Waals surface area contributed by atoms with Crippen LogP contribution in [0.25, 0.3) is 21.9 Å². The first-order valence-corrected chi connectivity index (χ1v) is 8.13. The lowest BCUT2D eigenvalue weighted by molar-refractivity contribution is 0.0469. The van der Waals surface area contributed by atoms with Crippen molar-refractivity contribution in [1.82, 2.24) is 15.0 Å². The lowest BCUT2D eigenvalue weighted by atomic mass is 10.1. The highest BCUT2D eigenvalue weighted by atomic mass is 16.5. The number of aromatic amines is 1. The van der Waals surface area contributed by atoms with Gasteiger partial charge in [0.15, 0.2) is 0 Å². The van der Waals surface area contributed by atoms with Crippen LogP contribution in [0.2, 0.25) is 0 Å². The number of hydrogen-bond acceptors (Lipinski definition) is 5. The van der Waals surface area contributed by atoms with Crippen LogP contribution in [-0.2, 0) is 11.3 Å². The van der Waals surface area contributed by atoms with Crippen molar-refractivity contribution in [3.8, 4) is 0 Å². The molecule has 0 bridgehead atoms. The summed E-state index contributed by atoms with van der Waals surface area (Å²) < 4.78 is 5.41. The maximum atomic E-state index is 12.5. The Morgan fingerprint density at radius 1 is 1.04 bits per heavy atom. The van der Waals surface area contributed by atoms with E-state index in [0.29, 0.717) is 22.3 Å². The van der Waals surface area contributed by atoms with Crippen LogP contribution in [-0.4, -0.2) is 20.9 Å². The number of H-pyrrole nitrogens is 1. The number of fused-ring (bicyclic) bond motifs is 2. The Morgan fingerprint density at radius 3 is 2.54 bits per heavy atom. The molecule has 0 saturated heterocycles. The maximum absolute atomic E-state index is 12.5. The lowest BCUT2D eigenvalue weighted by Gasteiger charge is -2.09. The van der Waals surface area contributed by atoms with Gasteiger partial charge in [-0.1, -0.05) is 30.3 Å². The van der Waals surface area contributed by atoms with E-state index >= 15 is 0 Å². The quantitative estimate of drug-likeness (QED) is 0.577. The van der Waals surface area contributed by atoms with E-state index in [4.69, 9.17) is 4.74 Å². The molecule has 0 fully saturated rings. The van der Waals surface area contributed by atoms with Crippen molar-refractivity contribution < 1.29 is 9.53 Å². The molecule has 0 aliphatic carbocycles. The first kappa shape index (κ1) is 16.0. The summed E-state index contributed by atoms with van der Waals surface area (Å²) in [6, 6.07) is 15.9. The van der Waals surface area contributed by atoms with Crippen LogP contribution in [0.5, 0.6) is 0 Å². The summed E-state index contributed by atoms with van der Waals surface area (Å²) in [7, 11) is 0. The predicted molar refractivity (Wildman–Crippen MR) is 98.0 cm³/mol. The smallest absolute Gasteiger partial charge is 0.339 e. The summed E-state index contributed by atoms with van der Waals surface area (Å²) in [6.45, 7) is 1.81. The molecule has 4 rings (SSSR count). The zero-order chi connectivity index (χ0) is 18.1. The molecule has 2 aromatic carbocycles. The van der Waals surface area contributed by atoms with Crippen LogP contribution in [0.3, 0.4) is 0 Å². The van der Waals surface area contributed by atoms with Gasteiger partial charge in [-0.2, -0.15) is 0 Å². The van der Waals surface area contributed by atoms with E-state index in [1.54, 1.807) is 24.3 Å². The van der Waals surface area contributed by atoms with Gasteiger partial charge in [0, 0.05) is 17.0 Å². The molecule has 2 aromatic heterocycles. The molecule has 0 radical (unpaired) electrons. The van der Waals surface area contributed by atoms with E-state index in [0.717, 1.165) is 11.0 Å². The number of para-hydroxylation sites is 3. The van der Waals surface area contributed by atoms with Crippen LogP contribution >= 0.6 is 0 Å². The van der Waals surface area contributed by atoms with Crippen molar-refractivity contribution in [3.63, 3.8) is 0 Å². The second-order valence-corrected chi connectivity index (χ2v) is 5.91. The summed E-state index contributed by atoms with van der Waals surface area (Å²) in [5.41, 5.74) is 3.30. The van der Waals surface area contributed by atoms with Gasteiger partial charge in [-0.3, -0.25) is 4.79 Å². The Bertz CT molecular complexity index is 1200. The highest BCUT2D eigenvalue weighted by Crippen LogP contribution is 2.17. The van der Waals surface area contributed by atoms with Crippen LogP contribution in [0.15, 0.2) is 59.4 Å². The molecular weight excluding hydrogens is 330 g/mol. The molecular formula is C20H15N3O3. The van der Waals surface area contributed by atoms with E-state index in [2.05, 4.69) is 15.0 Å². The second-order valence-electron chi connectivity index (χ2n) is 5.91. The Kier molecular flexibility index (Phi) is 3.93. The minimum atomic E-state index is -0.568. The van der Waals surface area contributed by atoms with Crippen LogP contribution in [0.4, 0.5) is 0 Å². The van der Waals surface area contributed by atoms with Gasteiger partial charge in [-0.25, -0.2) is 14.8 Å². The fourth-order valence-electron chi connectivity index (χ4n) is 2.85. The van der Waals surface area contributed by atoms with E-state index in [9.17, 15) is 9.59 Å². The van der Waals surface area contributed by atoms with Gasteiger partial charge in [-0.15, -0.1) is 0 Å². The summed E-state index contributed by atoms with van der Waals surface area (Å²) in [6.07, 6.45) is 0. The van der Waals surface area contributed by atoms with Gasteiger partial charge < -0.3 is 9.72 Å². The van der Waals surface area contributed by atoms with Crippen molar-refractivity contribution in [3.05, 3.63) is 81.9 Å². The third-order valence-electron chi connectivity index (χ3n) is 4.15. The number of aryl methyl sites for hydroxylation is 1. The predicted octanol–water partition coefficient (Wildman–Crippen LogP) is 3.14. The highest BCUT2D eigenvalue weighted by molar-refractivity contribution is 6.03. The first-order valence-electron chi connectivity index (χ1n) is 8.13. The number of ether oxygens (including phenoxy) is 1. The van der Waals surface area contributed by atoms with Crippen molar-refractivity contribution in [2.75, 3.05) is 0 Å². The van der Waals surface area contributed by atoms with Crippen LogP contribution < -0.4 is 5.56 Å². The number of aromatic nitrogens is 3. The van der Waals surface area contributed by atoms with Gasteiger partial charge in [0.1, 0.15) is 6.61 Å². The minimum absolute atomic E-state index is 0.0103. The van der Waals surface area contributed by atoms with Gasteiger partial charge in [0.05, 0.1) is 28.0 Å². The Labute approximate surface area is 148 Å². The lowest BCUT2D eigenvalue weighted by Crippen LogP contribution is -2.13. The third kappa shape index (κ3) is 2.93. The molecule has 6 heteroatoms. The summed E-state index contributed by atoms with van der Waals surface area (Å²) >= 11 is 0. The van der Waals surface area contributed by atoms with Gasteiger partial charge in [0.2, 0.25) is 5.56 Å². The molecule has 128 valence electrons. The number of nitrogens with one attached hydrogen (secondary N) is 1. The molecule has 6 nitrogen and oxygen atoms in total. The van der Waals surface area contributed by atoms with E-state index in [1.807, 2.05) is 31.2 Å². The summed E-state index contributed by atoms with van der Waals surface area (Å²) in [4.78, 5) is 36.0. The topological polar surface area (TPSA) is 84.9 Å². The molecule has 0 unspecified atom stereocenters. The minimum Gasteiger partial charge on any atom is -0.455 e. The molecule has 2 heterocycles.